The maximum atomic E-state index is 2.24. The molecule has 0 spiro atoms. The third-order valence-corrected chi connectivity index (χ3v) is 0.556. The van der Waals surface area contributed by atoms with Crippen molar-refractivity contribution in [2.75, 3.05) is 0 Å². The second-order valence-electron chi connectivity index (χ2n) is 1.01. The second-order valence-corrected chi connectivity index (χ2v) is 9.80. The zero-order valence-corrected chi connectivity index (χ0v) is 9.33. The Morgan fingerprint density at radius 1 is 1.12 bits per heavy atom. The smallest absolute Gasteiger partial charge is 0.172 e. The van der Waals surface area contributed by atoms with E-state index in [1.54, 1.807) is 0 Å². The molecule has 0 heterocycles. The average molecular weight is 378 g/mol. The fraction of sp³-hybridized carbons (Fsp3) is 0. The van der Waals surface area contributed by atoms with Gasteiger partial charge < -0.3 is 0 Å². The van der Waals surface area contributed by atoms with Gasteiger partial charge in [0.15, 0.2) is 0 Å². The Bertz CT molecular complexity index is 77.3. The second kappa shape index (κ2) is 8.32. The van der Waals surface area contributed by atoms with Gasteiger partial charge in [0.1, 0.15) is 0 Å². The molecule has 0 radical (unpaired) electrons. The Hall–Kier alpha value is 1.32. The van der Waals surface area contributed by atoms with Crippen LogP contribution in [0.2, 0.25) is 0 Å². The van der Waals surface area contributed by atoms with Crippen molar-refractivity contribution in [2.24, 2.45) is 0 Å². The zero-order chi connectivity index (χ0) is 6.24. The summed E-state index contributed by atoms with van der Waals surface area (Å²) in [6.07, 6.45) is 0. The third kappa shape index (κ3) is 7.32. The van der Waals surface area contributed by atoms with E-state index in [1.807, 2.05) is 30.3 Å². The van der Waals surface area contributed by atoms with Crippen LogP contribution in [0.15, 0.2) is 30.3 Å². The molecule has 0 amide bonds. The summed E-state index contributed by atoms with van der Waals surface area (Å²) >= 11 is 4.49. The Morgan fingerprint density at radius 3 is 1.62 bits per heavy atom. The molecule has 0 N–H and O–H groups in total. The molecule has 1 aromatic carbocycles. The van der Waals surface area contributed by atoms with Gasteiger partial charge in [-0.05, 0) is 0 Å². The molecular weight excluding hydrogens is 373 g/mol. The van der Waals surface area contributed by atoms with Crippen molar-refractivity contribution in [3.05, 3.63) is 30.3 Å². The van der Waals surface area contributed by atoms with E-state index < -0.39 is 0 Å². The van der Waals surface area contributed by atoms with Crippen molar-refractivity contribution in [2.45, 2.75) is 0 Å². The predicted octanol–water partition coefficient (Wildman–Crippen LogP) is 3.17. The first-order valence-electron chi connectivity index (χ1n) is 1.92. The van der Waals surface area contributed by atoms with Gasteiger partial charge in [0.05, 0.1) is 0 Å². The summed E-state index contributed by atoms with van der Waals surface area (Å²) in [7, 11) is 1.38. The van der Waals surface area contributed by atoms with Crippen LogP contribution in [0.3, 0.4) is 0 Å². The fourth-order valence-electron chi connectivity index (χ4n) is 0.321. The Labute approximate surface area is 78.4 Å². The minimum absolute atomic E-state index is 1.38. The number of hydrogen-bond donors (Lipinski definition) is 0. The van der Waals surface area contributed by atoms with Gasteiger partial charge in [0.25, 0.3) is 0 Å². The zero-order valence-electron chi connectivity index (χ0n) is 3.98. The largest absolute Gasteiger partial charge is 0.214 e. The molecule has 0 aliphatic carbocycles. The predicted molar refractivity (Wildman–Crippen MR) is 50.1 cm³/mol. The van der Waals surface area contributed by atoms with E-state index in [0.717, 1.165) is 0 Å². The van der Waals surface area contributed by atoms with Crippen LogP contribution in [0.4, 0.5) is 0 Å². The summed E-state index contributed by atoms with van der Waals surface area (Å²) < 4.78 is 0. The molecule has 0 nitrogen and oxygen atoms in total. The van der Waals surface area contributed by atoms with Crippen LogP contribution in [-0.2, 0) is 8.26 Å². The molecule has 0 unspecified atom stereocenters. The van der Waals surface area contributed by atoms with E-state index in [2.05, 4.69) is 40.8 Å². The number of rotatable bonds is 0. The molecule has 0 saturated carbocycles. The molecule has 1 rings (SSSR count). The molecule has 0 fully saturated rings. The summed E-state index contributed by atoms with van der Waals surface area (Å²) in [6.45, 7) is 0. The van der Waals surface area contributed by atoms with Crippen molar-refractivity contribution in [3.63, 3.8) is 0 Å². The van der Waals surface area contributed by atoms with E-state index in [-0.39, 0.29) is 0 Å². The molecule has 0 saturated heterocycles. The maximum absolute atomic E-state index is 2.24. The Kier molecular flexibility index (Phi) is 9.69. The van der Waals surface area contributed by atoms with Gasteiger partial charge in [0, 0.05) is 0 Å². The van der Waals surface area contributed by atoms with Crippen molar-refractivity contribution in [3.8, 4) is 0 Å². The molecule has 0 aliphatic heterocycles. The van der Waals surface area contributed by atoms with Crippen LogP contribution in [-0.4, -0.2) is 0 Å². The Balaban J connectivity index is 0.000000145. The van der Waals surface area contributed by atoms with Crippen molar-refractivity contribution >= 4 is 40.8 Å². The van der Waals surface area contributed by atoms with Gasteiger partial charge in [-0.1, -0.05) is 0 Å². The molecule has 0 bridgehead atoms. The maximum Gasteiger partial charge on any atom is -0.172 e. The molecule has 8 heavy (non-hydrogen) atoms. The normalized spacial score (nSPS) is 7.75. The standard InChI is InChI=1S/C5H5.Co.2HI/c1-2-4-5-3-1;;;/h1-5H;;2*1H/q-1;+3;;/p-2. The van der Waals surface area contributed by atoms with Crippen molar-refractivity contribution in [1.82, 2.24) is 0 Å². The first kappa shape index (κ1) is 9.32. The minimum atomic E-state index is 1.38. The van der Waals surface area contributed by atoms with Crippen LogP contribution >= 0.6 is 40.8 Å². The molecule has 48 valence electrons. The molecule has 0 aromatic heterocycles. The number of halogens is 2. The van der Waals surface area contributed by atoms with Crippen LogP contribution < -0.4 is 0 Å². The van der Waals surface area contributed by atoms with Gasteiger partial charge in [-0.2, -0.15) is 18.2 Å². The quantitative estimate of drug-likeness (QED) is 0.481. The monoisotopic (exact) mass is 378 g/mol. The van der Waals surface area contributed by atoms with Crippen LogP contribution in [0.1, 0.15) is 0 Å². The Morgan fingerprint density at radius 2 is 1.50 bits per heavy atom. The van der Waals surface area contributed by atoms with E-state index >= 15 is 0 Å². The van der Waals surface area contributed by atoms with Gasteiger partial charge in [0.2, 0.25) is 0 Å². The summed E-state index contributed by atoms with van der Waals surface area (Å²) in [5.41, 5.74) is 0. The topological polar surface area (TPSA) is 0 Å². The summed E-state index contributed by atoms with van der Waals surface area (Å²) in [6, 6.07) is 10.0. The van der Waals surface area contributed by atoms with Gasteiger partial charge in [-0.15, -0.1) is 0 Å². The fourth-order valence-corrected chi connectivity index (χ4v) is 0.321. The molecule has 3 heteroatoms. The first-order valence-corrected chi connectivity index (χ1v) is 8.64. The van der Waals surface area contributed by atoms with Crippen LogP contribution in [0.5, 0.6) is 0 Å². The van der Waals surface area contributed by atoms with Crippen LogP contribution in [0, 0.1) is 0 Å². The molecule has 1 aromatic rings. The van der Waals surface area contributed by atoms with E-state index in [4.69, 9.17) is 0 Å². The van der Waals surface area contributed by atoms with Crippen molar-refractivity contribution in [1.29, 1.82) is 0 Å². The summed E-state index contributed by atoms with van der Waals surface area (Å²) in [5.74, 6) is 0. The molecular formula is C5H5CoI2. The van der Waals surface area contributed by atoms with Crippen molar-refractivity contribution < 1.29 is 8.26 Å². The van der Waals surface area contributed by atoms with Crippen LogP contribution in [0.25, 0.3) is 0 Å². The summed E-state index contributed by atoms with van der Waals surface area (Å²) in [5, 5.41) is 0. The minimum Gasteiger partial charge on any atom is -0.214 e. The molecule has 0 aliphatic rings. The average Bonchev–Trinajstić information content (AvgIpc) is 2.17. The number of hydrogen-bond acceptors (Lipinski definition) is 0. The van der Waals surface area contributed by atoms with Gasteiger partial charge >= 0.3 is 49.1 Å². The first-order chi connectivity index (χ1) is 3.91. The SMILES string of the molecule is [I][Co+][I].c1cc[cH-]c1. The molecule has 0 atom stereocenters. The van der Waals surface area contributed by atoms with E-state index in [1.165, 1.54) is 8.26 Å². The van der Waals surface area contributed by atoms with Gasteiger partial charge in [-0.3, -0.25) is 0 Å². The van der Waals surface area contributed by atoms with Gasteiger partial charge in [-0.25, -0.2) is 12.1 Å². The summed E-state index contributed by atoms with van der Waals surface area (Å²) in [4.78, 5) is 0. The van der Waals surface area contributed by atoms with E-state index in [9.17, 15) is 0 Å². The third-order valence-electron chi connectivity index (χ3n) is 0.556. The van der Waals surface area contributed by atoms with E-state index in [0.29, 0.717) is 0 Å².